The minimum Gasteiger partial charge on any atom is -0.370 e. The van der Waals surface area contributed by atoms with Gasteiger partial charge in [-0.25, -0.2) is 0 Å². The minimum absolute atomic E-state index is 0.122. The first kappa shape index (κ1) is 13.8. The van der Waals surface area contributed by atoms with Crippen LogP contribution in [0.15, 0.2) is 22.7 Å². The molecule has 1 unspecified atom stereocenters. The van der Waals surface area contributed by atoms with Crippen LogP contribution in [-0.4, -0.2) is 44.2 Å². The Bertz CT molecular complexity index is 433. The Morgan fingerprint density at radius 3 is 2.67 bits per heavy atom. The van der Waals surface area contributed by atoms with E-state index in [2.05, 4.69) is 64.9 Å². The van der Waals surface area contributed by atoms with E-state index in [1.54, 1.807) is 0 Å². The molecule has 0 aliphatic carbocycles. The number of hydrogen-bond acceptors (Lipinski definition) is 3. The number of likely N-dealkylation sites (N-methyl/N-ethyl adjacent to an activating group) is 1. The summed E-state index contributed by atoms with van der Waals surface area (Å²) >= 11 is 3.61. The highest BCUT2D eigenvalue weighted by molar-refractivity contribution is 9.10. The molecular formula is C14H22BrN3. The second-order valence-corrected chi connectivity index (χ2v) is 6.28. The van der Waals surface area contributed by atoms with Crippen molar-refractivity contribution in [2.75, 3.05) is 38.6 Å². The predicted molar refractivity (Wildman–Crippen MR) is 81.2 cm³/mol. The number of aryl methyl sites for hydroxylation is 1. The summed E-state index contributed by atoms with van der Waals surface area (Å²) in [6.45, 7) is 4.91. The third kappa shape index (κ3) is 2.42. The second-order valence-electron chi connectivity index (χ2n) is 5.43. The molecule has 1 aromatic rings. The lowest BCUT2D eigenvalue weighted by atomic mass is 9.97. The van der Waals surface area contributed by atoms with E-state index in [1.165, 1.54) is 15.7 Å². The Hall–Kier alpha value is -0.580. The van der Waals surface area contributed by atoms with Gasteiger partial charge in [0.15, 0.2) is 0 Å². The summed E-state index contributed by atoms with van der Waals surface area (Å²) in [6, 6.07) is 6.57. The zero-order valence-corrected chi connectivity index (χ0v) is 13.0. The molecule has 1 fully saturated rings. The van der Waals surface area contributed by atoms with Gasteiger partial charge >= 0.3 is 0 Å². The van der Waals surface area contributed by atoms with Crippen molar-refractivity contribution in [1.82, 2.24) is 4.90 Å². The molecule has 1 heterocycles. The number of benzene rings is 1. The molecule has 0 spiro atoms. The van der Waals surface area contributed by atoms with Gasteiger partial charge in [-0.2, -0.15) is 0 Å². The van der Waals surface area contributed by atoms with Gasteiger partial charge in [-0.3, -0.25) is 0 Å². The van der Waals surface area contributed by atoms with Crippen LogP contribution >= 0.6 is 15.9 Å². The first-order chi connectivity index (χ1) is 8.48. The number of rotatable bonds is 3. The molecule has 0 bridgehead atoms. The highest BCUT2D eigenvalue weighted by atomic mass is 79.9. The fourth-order valence-electron chi connectivity index (χ4n) is 2.57. The van der Waals surface area contributed by atoms with Crippen molar-refractivity contribution in [3.63, 3.8) is 0 Å². The Morgan fingerprint density at radius 1 is 1.44 bits per heavy atom. The zero-order chi connectivity index (χ0) is 13.3. The van der Waals surface area contributed by atoms with Crippen molar-refractivity contribution < 1.29 is 0 Å². The largest absolute Gasteiger partial charge is 0.370 e. The Morgan fingerprint density at radius 2 is 2.17 bits per heavy atom. The lowest BCUT2D eigenvalue weighted by Crippen LogP contribution is -2.52. The molecular weight excluding hydrogens is 290 g/mol. The van der Waals surface area contributed by atoms with Crippen molar-refractivity contribution >= 4 is 21.6 Å². The maximum atomic E-state index is 5.99. The van der Waals surface area contributed by atoms with Crippen LogP contribution in [0, 0.1) is 6.92 Å². The first-order valence-corrected chi connectivity index (χ1v) is 7.16. The molecule has 0 aromatic heterocycles. The van der Waals surface area contributed by atoms with Gasteiger partial charge in [-0.1, -0.05) is 22.0 Å². The SMILES string of the molecule is Cc1ccc(N2CCC(CN)(N(C)C)C2)cc1Br. The summed E-state index contributed by atoms with van der Waals surface area (Å²) in [7, 11) is 4.25. The van der Waals surface area contributed by atoms with Crippen molar-refractivity contribution in [3.05, 3.63) is 28.2 Å². The van der Waals surface area contributed by atoms with Crippen LogP contribution in [0.1, 0.15) is 12.0 Å². The van der Waals surface area contributed by atoms with Crippen LogP contribution in [-0.2, 0) is 0 Å². The summed E-state index contributed by atoms with van der Waals surface area (Å²) in [6.07, 6.45) is 1.13. The molecule has 2 rings (SSSR count). The summed E-state index contributed by atoms with van der Waals surface area (Å²) in [5.41, 5.74) is 8.66. The number of halogens is 1. The Labute approximate surface area is 118 Å². The van der Waals surface area contributed by atoms with Crippen molar-refractivity contribution in [3.8, 4) is 0 Å². The minimum atomic E-state index is 0.122. The van der Waals surface area contributed by atoms with Crippen LogP contribution in [0.4, 0.5) is 5.69 Å². The summed E-state index contributed by atoms with van der Waals surface area (Å²) in [4.78, 5) is 4.70. The molecule has 1 saturated heterocycles. The van der Waals surface area contributed by atoms with E-state index in [1.807, 2.05) is 0 Å². The van der Waals surface area contributed by atoms with Gasteiger partial charge in [-0.05, 0) is 45.1 Å². The predicted octanol–water partition coefficient (Wildman–Crippen LogP) is 2.23. The van der Waals surface area contributed by atoms with Crippen molar-refractivity contribution in [2.24, 2.45) is 5.73 Å². The monoisotopic (exact) mass is 311 g/mol. The average Bonchev–Trinajstić information content (AvgIpc) is 2.78. The molecule has 4 heteroatoms. The smallest absolute Gasteiger partial charge is 0.0518 e. The fourth-order valence-corrected chi connectivity index (χ4v) is 2.94. The van der Waals surface area contributed by atoms with Crippen molar-refractivity contribution in [2.45, 2.75) is 18.9 Å². The number of nitrogens with two attached hydrogens (primary N) is 1. The van der Waals surface area contributed by atoms with Gasteiger partial charge in [0.2, 0.25) is 0 Å². The van der Waals surface area contributed by atoms with Gasteiger partial charge < -0.3 is 15.5 Å². The molecule has 0 amide bonds. The van der Waals surface area contributed by atoms with Crippen LogP contribution < -0.4 is 10.6 Å². The van der Waals surface area contributed by atoms with Gasteiger partial charge in [0.1, 0.15) is 0 Å². The maximum Gasteiger partial charge on any atom is 0.0518 e. The van der Waals surface area contributed by atoms with E-state index < -0.39 is 0 Å². The van der Waals surface area contributed by atoms with Crippen molar-refractivity contribution in [1.29, 1.82) is 0 Å². The Balaban J connectivity index is 2.19. The average molecular weight is 312 g/mol. The van der Waals surface area contributed by atoms with E-state index in [-0.39, 0.29) is 5.54 Å². The molecule has 1 aliphatic heterocycles. The van der Waals surface area contributed by atoms with Gasteiger partial charge in [0, 0.05) is 29.8 Å². The molecule has 0 saturated carbocycles. The molecule has 0 radical (unpaired) electrons. The molecule has 3 nitrogen and oxygen atoms in total. The molecule has 1 atom stereocenters. The highest BCUT2D eigenvalue weighted by Gasteiger charge is 2.38. The number of anilines is 1. The topological polar surface area (TPSA) is 32.5 Å². The molecule has 100 valence electrons. The normalized spacial score (nSPS) is 24.0. The standard InChI is InChI=1S/C14H22BrN3/c1-11-4-5-12(8-13(11)15)18-7-6-14(9-16,10-18)17(2)3/h4-5,8H,6-7,9-10,16H2,1-3H3. The third-order valence-corrected chi connectivity index (χ3v) is 5.04. The van der Waals surface area contributed by atoms with Crippen LogP contribution in [0.3, 0.4) is 0 Å². The molecule has 1 aromatic carbocycles. The highest BCUT2D eigenvalue weighted by Crippen LogP contribution is 2.31. The van der Waals surface area contributed by atoms with E-state index in [4.69, 9.17) is 5.73 Å². The van der Waals surface area contributed by atoms with Gasteiger partial charge in [0.05, 0.1) is 5.54 Å². The zero-order valence-electron chi connectivity index (χ0n) is 11.4. The van der Waals surface area contributed by atoms with Gasteiger partial charge in [-0.15, -0.1) is 0 Å². The second kappa shape index (κ2) is 5.19. The summed E-state index contributed by atoms with van der Waals surface area (Å²) in [5.74, 6) is 0. The first-order valence-electron chi connectivity index (χ1n) is 6.37. The lowest BCUT2D eigenvalue weighted by molar-refractivity contribution is 0.184. The van der Waals surface area contributed by atoms with Gasteiger partial charge in [0.25, 0.3) is 0 Å². The lowest BCUT2D eigenvalue weighted by Gasteiger charge is -2.35. The van der Waals surface area contributed by atoms with Crippen LogP contribution in [0.5, 0.6) is 0 Å². The van der Waals surface area contributed by atoms with E-state index in [0.29, 0.717) is 6.54 Å². The molecule has 1 aliphatic rings. The maximum absolute atomic E-state index is 5.99. The summed E-state index contributed by atoms with van der Waals surface area (Å²) < 4.78 is 1.18. The van der Waals surface area contributed by atoms with E-state index in [0.717, 1.165) is 19.5 Å². The number of nitrogens with zero attached hydrogens (tertiary/aromatic N) is 2. The third-order valence-electron chi connectivity index (χ3n) is 4.18. The Kier molecular flexibility index (Phi) is 3.99. The summed E-state index contributed by atoms with van der Waals surface area (Å²) in [5, 5.41) is 0. The number of hydrogen-bond donors (Lipinski definition) is 1. The van der Waals surface area contributed by atoms with Crippen LogP contribution in [0.25, 0.3) is 0 Å². The van der Waals surface area contributed by atoms with E-state index >= 15 is 0 Å². The van der Waals surface area contributed by atoms with Crippen LogP contribution in [0.2, 0.25) is 0 Å². The quantitative estimate of drug-likeness (QED) is 0.929. The molecule has 18 heavy (non-hydrogen) atoms. The fraction of sp³-hybridized carbons (Fsp3) is 0.571. The van der Waals surface area contributed by atoms with E-state index in [9.17, 15) is 0 Å². The molecule has 2 N–H and O–H groups in total.